The number of sulfonamides is 1. The fraction of sp³-hybridized carbons (Fsp3) is 0.360. The van der Waals surface area contributed by atoms with Crippen LogP contribution in [0.2, 0.25) is 0 Å². The standard InChI is InChI=1S/C25H30N4O3S/c1-16(2)11-20-15-26-14-19-9-6-10-21(12-19)33(30,31)29-25-27-22(13-23(28-25)32-20)24-17(3)7-5-8-18(24)4/h5-10,12-13,16,20,26H,11,14-15H2,1-4H3,(H,27,28,29). The average molecular weight is 467 g/mol. The Balaban J connectivity index is 1.85. The minimum Gasteiger partial charge on any atom is -0.473 e. The van der Waals surface area contributed by atoms with E-state index in [9.17, 15) is 8.42 Å². The molecule has 1 aliphatic heterocycles. The first-order chi connectivity index (χ1) is 15.7. The largest absolute Gasteiger partial charge is 0.473 e. The molecule has 3 aromatic rings. The summed E-state index contributed by atoms with van der Waals surface area (Å²) in [6, 6.07) is 14.7. The number of aryl methyl sites for hydroxylation is 2. The molecule has 1 atom stereocenters. The summed E-state index contributed by atoms with van der Waals surface area (Å²) in [6.07, 6.45) is 0.704. The Bertz CT molecular complexity index is 1240. The first kappa shape index (κ1) is 23.2. The van der Waals surface area contributed by atoms with Crippen LogP contribution in [0.4, 0.5) is 5.95 Å². The van der Waals surface area contributed by atoms with E-state index in [0.29, 0.717) is 30.6 Å². The van der Waals surface area contributed by atoms with Crippen LogP contribution in [0.15, 0.2) is 53.4 Å². The van der Waals surface area contributed by atoms with Crippen LogP contribution in [-0.2, 0) is 16.6 Å². The van der Waals surface area contributed by atoms with Crippen LogP contribution in [0, 0.1) is 19.8 Å². The van der Waals surface area contributed by atoms with Crippen molar-refractivity contribution < 1.29 is 13.2 Å². The number of hydrogen-bond acceptors (Lipinski definition) is 6. The molecule has 0 aliphatic carbocycles. The van der Waals surface area contributed by atoms with E-state index < -0.39 is 10.0 Å². The monoisotopic (exact) mass is 466 g/mol. The van der Waals surface area contributed by atoms with Crippen molar-refractivity contribution in [3.05, 3.63) is 65.2 Å². The predicted molar refractivity (Wildman–Crippen MR) is 130 cm³/mol. The van der Waals surface area contributed by atoms with Gasteiger partial charge in [-0.15, -0.1) is 0 Å². The molecule has 0 amide bonds. The molecule has 4 bridgehead atoms. The third-order valence-corrected chi connectivity index (χ3v) is 6.92. The lowest BCUT2D eigenvalue weighted by molar-refractivity contribution is 0.164. The maximum atomic E-state index is 13.1. The van der Waals surface area contributed by atoms with Gasteiger partial charge in [0.05, 0.1) is 10.6 Å². The fourth-order valence-electron chi connectivity index (χ4n) is 4.13. The lowest BCUT2D eigenvalue weighted by Crippen LogP contribution is -2.32. The van der Waals surface area contributed by atoms with Gasteiger partial charge in [0.25, 0.3) is 10.0 Å². The number of rotatable bonds is 3. The lowest BCUT2D eigenvalue weighted by Gasteiger charge is -2.21. The van der Waals surface area contributed by atoms with Crippen molar-refractivity contribution in [2.75, 3.05) is 11.3 Å². The first-order valence-electron chi connectivity index (χ1n) is 11.2. The second kappa shape index (κ2) is 9.49. The predicted octanol–water partition coefficient (Wildman–Crippen LogP) is 4.46. The van der Waals surface area contributed by atoms with E-state index in [-0.39, 0.29) is 16.9 Å². The summed E-state index contributed by atoms with van der Waals surface area (Å²) in [5.41, 5.74) is 4.52. The van der Waals surface area contributed by atoms with Crippen molar-refractivity contribution in [3.8, 4) is 17.1 Å². The van der Waals surface area contributed by atoms with Gasteiger partial charge in [-0.3, -0.25) is 0 Å². The molecular formula is C25H30N4O3S. The smallest absolute Gasteiger partial charge is 0.264 e. The Morgan fingerprint density at radius 1 is 1.06 bits per heavy atom. The third kappa shape index (κ3) is 5.51. The molecule has 1 unspecified atom stereocenters. The Hall–Kier alpha value is -2.97. The average Bonchev–Trinajstić information content (AvgIpc) is 2.73. The Morgan fingerprint density at radius 3 is 2.52 bits per heavy atom. The van der Waals surface area contributed by atoms with Gasteiger partial charge in [0.15, 0.2) is 0 Å². The second-order valence-electron chi connectivity index (χ2n) is 8.94. The molecule has 1 aromatic heterocycles. The Morgan fingerprint density at radius 2 is 1.79 bits per heavy atom. The van der Waals surface area contributed by atoms with Crippen LogP contribution in [0.1, 0.15) is 37.0 Å². The number of anilines is 1. The van der Waals surface area contributed by atoms with E-state index in [0.717, 1.165) is 28.7 Å². The number of nitrogens with one attached hydrogen (secondary N) is 2. The molecule has 33 heavy (non-hydrogen) atoms. The van der Waals surface area contributed by atoms with Crippen LogP contribution in [-0.4, -0.2) is 31.0 Å². The number of hydrogen-bond donors (Lipinski definition) is 2. The van der Waals surface area contributed by atoms with Crippen LogP contribution in [0.25, 0.3) is 11.3 Å². The van der Waals surface area contributed by atoms with Crippen molar-refractivity contribution >= 4 is 16.0 Å². The molecule has 1 aliphatic rings. The van der Waals surface area contributed by atoms with Crippen LogP contribution in [0.5, 0.6) is 5.88 Å². The molecule has 0 radical (unpaired) electrons. The number of nitrogens with zero attached hydrogens (tertiary/aromatic N) is 2. The summed E-state index contributed by atoms with van der Waals surface area (Å²) < 4.78 is 35.1. The van der Waals surface area contributed by atoms with E-state index in [1.165, 1.54) is 0 Å². The highest BCUT2D eigenvalue weighted by atomic mass is 32.2. The van der Waals surface area contributed by atoms with E-state index in [4.69, 9.17) is 4.74 Å². The highest BCUT2D eigenvalue weighted by Crippen LogP contribution is 2.30. The van der Waals surface area contributed by atoms with Crippen LogP contribution in [0.3, 0.4) is 0 Å². The molecule has 2 N–H and O–H groups in total. The molecule has 2 heterocycles. The van der Waals surface area contributed by atoms with Gasteiger partial charge >= 0.3 is 0 Å². The quantitative estimate of drug-likeness (QED) is 0.592. The van der Waals surface area contributed by atoms with E-state index in [1.54, 1.807) is 24.3 Å². The van der Waals surface area contributed by atoms with Crippen LogP contribution < -0.4 is 14.8 Å². The SMILES string of the molecule is Cc1cccc(C)c1-c1cc2nc(n1)NS(=O)(=O)c1cccc(c1)CNCC(CC(C)C)O2. The van der Waals surface area contributed by atoms with Gasteiger partial charge in [-0.1, -0.05) is 44.2 Å². The molecule has 0 fully saturated rings. The molecule has 4 rings (SSSR count). The second-order valence-corrected chi connectivity index (χ2v) is 10.6. The van der Waals surface area contributed by atoms with Crippen molar-refractivity contribution in [1.29, 1.82) is 0 Å². The summed E-state index contributed by atoms with van der Waals surface area (Å²) in [7, 11) is -3.87. The summed E-state index contributed by atoms with van der Waals surface area (Å²) in [6.45, 7) is 9.47. The van der Waals surface area contributed by atoms with Gasteiger partial charge in [-0.05, 0) is 55.0 Å². The normalized spacial score (nSPS) is 17.8. The van der Waals surface area contributed by atoms with Gasteiger partial charge in [0, 0.05) is 24.7 Å². The highest BCUT2D eigenvalue weighted by molar-refractivity contribution is 7.92. The number of ether oxygens (including phenoxy) is 1. The zero-order valence-corrected chi connectivity index (χ0v) is 20.2. The number of fused-ring (bicyclic) bond motifs is 4. The zero-order chi connectivity index (χ0) is 23.6. The minimum atomic E-state index is -3.87. The number of benzene rings is 2. The van der Waals surface area contributed by atoms with E-state index in [1.807, 2.05) is 38.1 Å². The van der Waals surface area contributed by atoms with Gasteiger partial charge in [-0.2, -0.15) is 4.98 Å². The van der Waals surface area contributed by atoms with Crippen molar-refractivity contribution in [2.45, 2.75) is 51.7 Å². The zero-order valence-electron chi connectivity index (χ0n) is 19.4. The maximum absolute atomic E-state index is 13.1. The fourth-order valence-corrected chi connectivity index (χ4v) is 5.14. The lowest BCUT2D eigenvalue weighted by atomic mass is 10.00. The van der Waals surface area contributed by atoms with Crippen molar-refractivity contribution in [1.82, 2.24) is 15.3 Å². The molecule has 0 saturated carbocycles. The highest BCUT2D eigenvalue weighted by Gasteiger charge is 2.21. The molecule has 174 valence electrons. The Kier molecular flexibility index (Phi) is 6.67. The minimum absolute atomic E-state index is 0.00828. The van der Waals surface area contributed by atoms with Crippen molar-refractivity contribution in [3.63, 3.8) is 0 Å². The summed E-state index contributed by atoms with van der Waals surface area (Å²) in [4.78, 5) is 9.16. The Labute approximate surface area is 195 Å². The summed E-state index contributed by atoms with van der Waals surface area (Å²) in [5, 5.41) is 3.40. The summed E-state index contributed by atoms with van der Waals surface area (Å²) >= 11 is 0. The first-order valence-corrected chi connectivity index (χ1v) is 12.6. The molecule has 0 saturated heterocycles. The van der Waals surface area contributed by atoms with Gasteiger partial charge in [-0.25, -0.2) is 18.1 Å². The van der Waals surface area contributed by atoms with Gasteiger partial charge < -0.3 is 10.1 Å². The van der Waals surface area contributed by atoms with E-state index in [2.05, 4.69) is 33.9 Å². The van der Waals surface area contributed by atoms with Gasteiger partial charge in [0.2, 0.25) is 11.8 Å². The molecule has 8 heteroatoms. The molecule has 7 nitrogen and oxygen atoms in total. The van der Waals surface area contributed by atoms with Crippen molar-refractivity contribution in [2.24, 2.45) is 5.92 Å². The van der Waals surface area contributed by atoms with Gasteiger partial charge in [0.1, 0.15) is 6.10 Å². The van der Waals surface area contributed by atoms with Crippen LogP contribution >= 0.6 is 0 Å². The third-order valence-electron chi connectivity index (χ3n) is 5.60. The molecular weight excluding hydrogens is 436 g/mol. The topological polar surface area (TPSA) is 93.2 Å². The molecule has 2 aromatic carbocycles. The summed E-state index contributed by atoms with van der Waals surface area (Å²) in [5.74, 6) is 0.763. The maximum Gasteiger partial charge on any atom is 0.264 e. The van der Waals surface area contributed by atoms with E-state index >= 15 is 0 Å². The number of aromatic nitrogens is 2. The molecule has 0 spiro atoms.